The van der Waals surface area contributed by atoms with Gasteiger partial charge in [0.1, 0.15) is 49.4 Å². The molecule has 0 spiro atoms. The fourth-order valence-corrected chi connectivity index (χ4v) is 6.05. The lowest BCUT2D eigenvalue weighted by Crippen LogP contribution is -2.31. The summed E-state index contributed by atoms with van der Waals surface area (Å²) >= 11 is 0. The average Bonchev–Trinajstić information content (AvgIpc) is 3.18. The summed E-state index contributed by atoms with van der Waals surface area (Å²) in [4.78, 5) is 25.7. The maximum absolute atomic E-state index is 12.9. The van der Waals surface area contributed by atoms with Gasteiger partial charge in [0, 0.05) is 34.4 Å². The van der Waals surface area contributed by atoms with E-state index in [0.29, 0.717) is 35.8 Å². The van der Waals surface area contributed by atoms with Crippen LogP contribution in [0.1, 0.15) is 70.8 Å². The number of para-hydroxylation sites is 2. The Morgan fingerprint density at radius 3 is 1.38 bits per heavy atom. The molecule has 0 saturated carbocycles. The van der Waals surface area contributed by atoms with E-state index in [1.807, 2.05) is 104 Å². The second-order valence-corrected chi connectivity index (χ2v) is 13.3. The van der Waals surface area contributed by atoms with Crippen molar-refractivity contribution in [1.29, 1.82) is 0 Å². The molecule has 0 aliphatic carbocycles. The lowest BCUT2D eigenvalue weighted by atomic mass is 9.99. The van der Waals surface area contributed by atoms with Gasteiger partial charge in [-0.3, -0.25) is 9.59 Å². The lowest BCUT2D eigenvalue weighted by molar-refractivity contribution is -0.153. The van der Waals surface area contributed by atoms with Crippen LogP contribution in [0.25, 0.3) is 21.5 Å². The molecule has 0 radical (unpaired) electrons. The van der Waals surface area contributed by atoms with E-state index in [0.717, 1.165) is 65.6 Å². The van der Waals surface area contributed by atoms with Crippen molar-refractivity contribution in [3.05, 3.63) is 109 Å². The zero-order valence-electron chi connectivity index (χ0n) is 31.2. The number of carbonyl (C=O) groups excluding carboxylic acids is 2. The van der Waals surface area contributed by atoms with Gasteiger partial charge in [0.05, 0.1) is 0 Å². The van der Waals surface area contributed by atoms with E-state index in [1.165, 1.54) is 0 Å². The first-order chi connectivity index (χ1) is 25.9. The van der Waals surface area contributed by atoms with Gasteiger partial charge in [0.15, 0.2) is 12.2 Å². The van der Waals surface area contributed by atoms with Crippen LogP contribution >= 0.6 is 0 Å². The van der Waals surface area contributed by atoms with Gasteiger partial charge in [-0.15, -0.1) is 0 Å². The second kappa shape index (κ2) is 20.7. The van der Waals surface area contributed by atoms with Crippen molar-refractivity contribution in [2.24, 2.45) is 0 Å². The highest BCUT2D eigenvalue weighted by atomic mass is 16.6. The van der Waals surface area contributed by atoms with Crippen LogP contribution in [0.15, 0.2) is 103 Å². The Bertz CT molecular complexity index is 1870. The molecule has 0 saturated heterocycles. The topological polar surface area (TPSA) is 89.5 Å². The van der Waals surface area contributed by atoms with Crippen LogP contribution in [0.5, 0.6) is 23.0 Å². The zero-order chi connectivity index (χ0) is 37.3. The molecule has 8 nitrogen and oxygen atoms in total. The van der Waals surface area contributed by atoms with E-state index in [2.05, 4.69) is 19.9 Å². The number of aryl methyl sites for hydroxylation is 1. The van der Waals surface area contributed by atoms with E-state index in [9.17, 15) is 9.59 Å². The Labute approximate surface area is 313 Å². The molecule has 0 aliphatic rings. The van der Waals surface area contributed by atoms with E-state index >= 15 is 0 Å². The van der Waals surface area contributed by atoms with E-state index in [1.54, 1.807) is 0 Å². The Kier molecular flexibility index (Phi) is 15.2. The molecule has 8 heteroatoms. The second-order valence-electron chi connectivity index (χ2n) is 13.3. The van der Waals surface area contributed by atoms with Crippen molar-refractivity contribution in [2.45, 2.75) is 84.3 Å². The predicted octanol–water partition coefficient (Wildman–Crippen LogP) is 10.2. The van der Waals surface area contributed by atoms with Crippen molar-refractivity contribution < 1.29 is 38.0 Å². The Morgan fingerprint density at radius 1 is 0.491 bits per heavy atom. The van der Waals surface area contributed by atoms with Gasteiger partial charge >= 0.3 is 11.9 Å². The molecule has 2 atom stereocenters. The number of carbonyl (C=O) groups is 2. The van der Waals surface area contributed by atoms with E-state index in [-0.39, 0.29) is 38.4 Å². The molecule has 0 aliphatic heterocycles. The van der Waals surface area contributed by atoms with Crippen molar-refractivity contribution in [1.82, 2.24) is 0 Å². The van der Waals surface area contributed by atoms with Crippen LogP contribution in [0.2, 0.25) is 0 Å². The van der Waals surface area contributed by atoms with Gasteiger partial charge in [-0.25, -0.2) is 0 Å². The number of benzene rings is 5. The number of hydrogen-bond acceptors (Lipinski definition) is 8. The van der Waals surface area contributed by atoms with E-state index in [4.69, 9.17) is 28.4 Å². The van der Waals surface area contributed by atoms with Crippen molar-refractivity contribution in [2.75, 3.05) is 26.4 Å². The molecule has 0 N–H and O–H groups in total. The third-order valence-corrected chi connectivity index (χ3v) is 8.83. The highest BCUT2D eigenvalue weighted by Gasteiger charge is 2.23. The molecule has 53 heavy (non-hydrogen) atoms. The fourth-order valence-electron chi connectivity index (χ4n) is 6.05. The van der Waals surface area contributed by atoms with Crippen LogP contribution in [0, 0.1) is 6.92 Å². The molecule has 0 heterocycles. The highest BCUT2D eigenvalue weighted by Crippen LogP contribution is 2.43. The van der Waals surface area contributed by atoms with Gasteiger partial charge in [-0.2, -0.15) is 0 Å². The van der Waals surface area contributed by atoms with Gasteiger partial charge in [0.2, 0.25) is 0 Å². The van der Waals surface area contributed by atoms with Gasteiger partial charge in [0.25, 0.3) is 0 Å². The number of fused-ring (bicyclic) bond motifs is 2. The Hall–Kier alpha value is -5.24. The summed E-state index contributed by atoms with van der Waals surface area (Å²) in [6.45, 7) is 6.70. The lowest BCUT2D eigenvalue weighted by Gasteiger charge is -2.23. The number of esters is 2. The normalized spacial score (nSPS) is 12.2. The minimum atomic E-state index is -0.642. The number of rotatable bonds is 22. The van der Waals surface area contributed by atoms with Gasteiger partial charge in [-0.1, -0.05) is 118 Å². The van der Waals surface area contributed by atoms with Crippen LogP contribution in [-0.2, 0) is 19.1 Å². The molecule has 280 valence electrons. The fraction of sp³-hybridized carbons (Fsp3) is 0.378. The van der Waals surface area contributed by atoms with Crippen LogP contribution in [0.4, 0.5) is 0 Å². The molecule has 0 bridgehead atoms. The molecule has 0 aromatic heterocycles. The summed E-state index contributed by atoms with van der Waals surface area (Å²) in [5.74, 6) is 2.15. The molecule has 0 fully saturated rings. The minimum Gasteiger partial charge on any atom is -0.490 e. The summed E-state index contributed by atoms with van der Waals surface area (Å²) < 4.78 is 37.2. The first-order valence-electron chi connectivity index (χ1n) is 18.9. The SMILES string of the molecule is CCCCCC(=O)OC(COc1ccccc1)COc1c2ccccc2c(OCC(COc2ccccc2)OC(=O)CCCCC)c2cc(C)ccc12. The van der Waals surface area contributed by atoms with Crippen LogP contribution in [-0.4, -0.2) is 50.6 Å². The molecule has 0 amide bonds. The minimum absolute atomic E-state index is 0.0897. The quantitative estimate of drug-likeness (QED) is 0.0397. The van der Waals surface area contributed by atoms with Crippen LogP contribution in [0.3, 0.4) is 0 Å². The van der Waals surface area contributed by atoms with Crippen LogP contribution < -0.4 is 18.9 Å². The number of ether oxygens (including phenoxy) is 6. The van der Waals surface area contributed by atoms with Crippen molar-refractivity contribution >= 4 is 33.5 Å². The molecule has 2 unspecified atom stereocenters. The van der Waals surface area contributed by atoms with Crippen molar-refractivity contribution in [3.8, 4) is 23.0 Å². The molecular weight excluding hydrogens is 668 g/mol. The smallest absolute Gasteiger partial charge is 0.306 e. The largest absolute Gasteiger partial charge is 0.490 e. The van der Waals surface area contributed by atoms with Crippen molar-refractivity contribution in [3.63, 3.8) is 0 Å². The van der Waals surface area contributed by atoms with E-state index < -0.39 is 12.2 Å². The maximum atomic E-state index is 12.9. The zero-order valence-corrected chi connectivity index (χ0v) is 31.2. The summed E-state index contributed by atoms with van der Waals surface area (Å²) in [6.07, 6.45) is 4.91. The Balaban J connectivity index is 1.41. The highest BCUT2D eigenvalue weighted by molar-refractivity contribution is 6.11. The first-order valence-corrected chi connectivity index (χ1v) is 18.9. The molecular formula is C45H52O8. The first kappa shape index (κ1) is 39.0. The summed E-state index contributed by atoms with van der Waals surface area (Å²) in [5, 5.41) is 3.37. The molecule has 5 aromatic rings. The third-order valence-electron chi connectivity index (χ3n) is 8.83. The molecule has 5 rings (SSSR count). The summed E-state index contributed by atoms with van der Waals surface area (Å²) in [5.41, 5.74) is 1.05. The standard InChI is InChI=1S/C45H52O8/c1-4-6-10-24-42(46)52-36(29-48-34-18-12-8-13-19-34)31-50-44-38-22-16-17-23-39(38)45(41-28-33(3)26-27-40(41)44)51-32-37(53-43(47)25-11-7-5-2)30-49-35-20-14-9-15-21-35/h8-9,12-23,26-28,36-37H,4-7,10-11,24-25,29-32H2,1-3H3. The molecule has 5 aromatic carbocycles. The summed E-state index contributed by atoms with van der Waals surface area (Å²) in [6, 6.07) is 33.0. The van der Waals surface area contributed by atoms with Gasteiger partial charge in [-0.05, 0) is 50.1 Å². The van der Waals surface area contributed by atoms with Gasteiger partial charge < -0.3 is 28.4 Å². The third kappa shape index (κ3) is 11.9. The maximum Gasteiger partial charge on any atom is 0.306 e. The Morgan fingerprint density at radius 2 is 0.906 bits per heavy atom. The number of hydrogen-bond donors (Lipinski definition) is 0. The predicted molar refractivity (Wildman–Crippen MR) is 209 cm³/mol. The number of unbranched alkanes of at least 4 members (excludes halogenated alkanes) is 4. The monoisotopic (exact) mass is 720 g/mol. The average molecular weight is 721 g/mol. The summed E-state index contributed by atoms with van der Waals surface area (Å²) in [7, 11) is 0.